The molecular weight excluding hydrogens is 344 g/mol. The number of H-pyrrole nitrogens is 1. The number of fused-ring (bicyclic) bond motifs is 1. The highest BCUT2D eigenvalue weighted by Gasteiger charge is 2.23. The zero-order chi connectivity index (χ0) is 18.7. The molecule has 1 aliphatic carbocycles. The SMILES string of the molecule is CCc1nc2cc(Cl)c(C3C=CC(C(C)(C)C=N/C=C\N)=CC3)cc2[nH]1. The first-order valence-electron chi connectivity index (χ1n) is 8.92. The quantitative estimate of drug-likeness (QED) is 0.705. The van der Waals surface area contributed by atoms with Gasteiger partial charge in [0, 0.05) is 41.4 Å². The topological polar surface area (TPSA) is 67.1 Å². The van der Waals surface area contributed by atoms with E-state index in [1.807, 2.05) is 12.3 Å². The zero-order valence-electron chi connectivity index (χ0n) is 15.5. The highest BCUT2D eigenvalue weighted by Crippen LogP contribution is 2.37. The zero-order valence-corrected chi connectivity index (χ0v) is 16.2. The molecule has 2 aromatic rings. The Kier molecular flexibility index (Phi) is 5.33. The predicted molar refractivity (Wildman–Crippen MR) is 111 cm³/mol. The highest BCUT2D eigenvalue weighted by atomic mass is 35.5. The number of nitrogens with zero attached hydrogens (tertiary/aromatic N) is 2. The van der Waals surface area contributed by atoms with Crippen LogP contribution >= 0.6 is 11.6 Å². The van der Waals surface area contributed by atoms with Crippen LogP contribution in [0.1, 0.15) is 44.5 Å². The Bertz CT molecular complexity index is 915. The van der Waals surface area contributed by atoms with Crippen LogP contribution in [-0.2, 0) is 6.42 Å². The van der Waals surface area contributed by atoms with Gasteiger partial charge in [-0.2, -0.15) is 0 Å². The molecule has 1 atom stereocenters. The molecule has 136 valence electrons. The summed E-state index contributed by atoms with van der Waals surface area (Å²) in [5, 5.41) is 0.770. The minimum absolute atomic E-state index is 0.145. The highest BCUT2D eigenvalue weighted by molar-refractivity contribution is 6.32. The van der Waals surface area contributed by atoms with Crippen LogP contribution in [0.15, 0.2) is 53.3 Å². The number of rotatable bonds is 5. The van der Waals surface area contributed by atoms with Crippen molar-refractivity contribution in [3.05, 3.63) is 64.7 Å². The number of benzene rings is 1. The lowest BCUT2D eigenvalue weighted by Gasteiger charge is -2.26. The number of aliphatic imine (C=N–C) groups is 1. The van der Waals surface area contributed by atoms with Gasteiger partial charge in [0.15, 0.2) is 0 Å². The van der Waals surface area contributed by atoms with Crippen molar-refractivity contribution in [2.75, 3.05) is 0 Å². The molecule has 1 aromatic carbocycles. The second-order valence-corrected chi connectivity index (χ2v) is 7.54. The maximum Gasteiger partial charge on any atom is 0.106 e. The monoisotopic (exact) mass is 368 g/mol. The molecule has 0 amide bonds. The average molecular weight is 369 g/mol. The van der Waals surface area contributed by atoms with Crippen LogP contribution in [0.25, 0.3) is 11.0 Å². The van der Waals surface area contributed by atoms with Crippen molar-refractivity contribution < 1.29 is 0 Å². The van der Waals surface area contributed by atoms with Crippen molar-refractivity contribution in [3.63, 3.8) is 0 Å². The second-order valence-electron chi connectivity index (χ2n) is 7.13. The maximum absolute atomic E-state index is 6.55. The van der Waals surface area contributed by atoms with Crippen LogP contribution in [0.5, 0.6) is 0 Å². The van der Waals surface area contributed by atoms with Gasteiger partial charge in [-0.15, -0.1) is 0 Å². The lowest BCUT2D eigenvalue weighted by Crippen LogP contribution is -2.17. The summed E-state index contributed by atoms with van der Waals surface area (Å²) in [4.78, 5) is 12.2. The molecule has 1 unspecified atom stereocenters. The van der Waals surface area contributed by atoms with Crippen LogP contribution < -0.4 is 5.73 Å². The van der Waals surface area contributed by atoms with Gasteiger partial charge in [-0.3, -0.25) is 4.99 Å². The second kappa shape index (κ2) is 7.50. The summed E-state index contributed by atoms with van der Waals surface area (Å²) >= 11 is 6.55. The summed E-state index contributed by atoms with van der Waals surface area (Å²) < 4.78 is 0. The molecule has 0 radical (unpaired) electrons. The number of halogens is 1. The fourth-order valence-corrected chi connectivity index (χ4v) is 3.53. The number of hydrogen-bond acceptors (Lipinski definition) is 3. The molecule has 3 rings (SSSR count). The van der Waals surface area contributed by atoms with E-state index in [0.717, 1.165) is 40.3 Å². The van der Waals surface area contributed by atoms with Crippen LogP contribution in [0.3, 0.4) is 0 Å². The van der Waals surface area contributed by atoms with Gasteiger partial charge in [0.05, 0.1) is 11.0 Å². The minimum Gasteiger partial charge on any atom is -0.403 e. The van der Waals surface area contributed by atoms with Gasteiger partial charge >= 0.3 is 0 Å². The number of nitrogens with two attached hydrogens (primary N) is 1. The molecule has 0 saturated carbocycles. The van der Waals surface area contributed by atoms with Gasteiger partial charge in [-0.25, -0.2) is 4.98 Å². The van der Waals surface area contributed by atoms with E-state index in [4.69, 9.17) is 17.3 Å². The fourth-order valence-electron chi connectivity index (χ4n) is 3.23. The first-order valence-corrected chi connectivity index (χ1v) is 9.30. The molecule has 5 heteroatoms. The third-order valence-corrected chi connectivity index (χ3v) is 5.12. The first kappa shape index (κ1) is 18.5. The van der Waals surface area contributed by atoms with Crippen LogP contribution in [-0.4, -0.2) is 16.2 Å². The Hall–Kier alpha value is -2.33. The number of aromatic amines is 1. The van der Waals surface area contributed by atoms with Gasteiger partial charge in [0.1, 0.15) is 5.82 Å². The van der Waals surface area contributed by atoms with E-state index in [0.29, 0.717) is 0 Å². The first-order chi connectivity index (χ1) is 12.4. The van der Waals surface area contributed by atoms with Gasteiger partial charge in [-0.1, -0.05) is 50.6 Å². The summed E-state index contributed by atoms with van der Waals surface area (Å²) in [7, 11) is 0. The van der Waals surface area contributed by atoms with Crippen molar-refractivity contribution in [1.82, 2.24) is 9.97 Å². The van der Waals surface area contributed by atoms with Gasteiger partial charge in [-0.05, 0) is 29.7 Å². The molecule has 1 aromatic heterocycles. The van der Waals surface area contributed by atoms with Crippen molar-refractivity contribution >= 4 is 28.8 Å². The average Bonchev–Trinajstić information content (AvgIpc) is 3.03. The number of aryl methyl sites for hydroxylation is 1. The molecule has 4 nitrogen and oxygen atoms in total. The van der Waals surface area contributed by atoms with Crippen LogP contribution in [0.2, 0.25) is 5.02 Å². The minimum atomic E-state index is -0.145. The normalized spacial score (nSPS) is 18.3. The molecule has 0 bridgehead atoms. The van der Waals surface area contributed by atoms with Gasteiger partial charge < -0.3 is 10.7 Å². The van der Waals surface area contributed by atoms with Crippen molar-refractivity contribution in [2.24, 2.45) is 16.1 Å². The molecule has 1 heterocycles. The smallest absolute Gasteiger partial charge is 0.106 e. The Balaban J connectivity index is 1.83. The number of hydrogen-bond donors (Lipinski definition) is 2. The van der Waals surface area contributed by atoms with Crippen molar-refractivity contribution in [3.8, 4) is 0 Å². The number of allylic oxidation sites excluding steroid dienone is 4. The molecular formula is C21H25ClN4. The van der Waals surface area contributed by atoms with Crippen molar-refractivity contribution in [2.45, 2.75) is 39.5 Å². The predicted octanol–water partition coefficient (Wildman–Crippen LogP) is 5.28. The summed E-state index contributed by atoms with van der Waals surface area (Å²) in [6, 6.07) is 4.10. The lowest BCUT2D eigenvalue weighted by atomic mass is 9.79. The summed E-state index contributed by atoms with van der Waals surface area (Å²) in [5.74, 6) is 1.25. The fraction of sp³-hybridized carbons (Fsp3) is 0.333. The Morgan fingerprint density at radius 1 is 1.42 bits per heavy atom. The number of imidazole rings is 1. The van der Waals surface area contributed by atoms with E-state index in [1.165, 1.54) is 11.8 Å². The molecule has 0 spiro atoms. The van der Waals surface area contributed by atoms with E-state index < -0.39 is 0 Å². The summed E-state index contributed by atoms with van der Waals surface area (Å²) in [5.41, 5.74) is 9.55. The van der Waals surface area contributed by atoms with Crippen LogP contribution in [0, 0.1) is 5.41 Å². The Labute approximate surface area is 159 Å². The van der Waals surface area contributed by atoms with E-state index in [-0.39, 0.29) is 11.3 Å². The molecule has 0 fully saturated rings. The number of nitrogens with one attached hydrogen (secondary N) is 1. The van der Waals surface area contributed by atoms with E-state index in [1.54, 1.807) is 6.20 Å². The summed E-state index contributed by atoms with van der Waals surface area (Å²) in [6.45, 7) is 6.38. The van der Waals surface area contributed by atoms with E-state index in [2.05, 4.69) is 60.0 Å². The standard InChI is InChI=1S/C21H25ClN4/c1-4-20-25-18-11-16(17(22)12-19(18)26-20)14-5-7-15(8-6-14)21(2,3)13-24-10-9-23/h5,7-14H,4,6,23H2,1-3H3,(H,25,26)/b10-9-,24-13?. The number of aromatic nitrogens is 2. The third-order valence-electron chi connectivity index (χ3n) is 4.80. The molecule has 26 heavy (non-hydrogen) atoms. The largest absolute Gasteiger partial charge is 0.403 e. The lowest BCUT2D eigenvalue weighted by molar-refractivity contribution is 0.644. The maximum atomic E-state index is 6.55. The van der Waals surface area contributed by atoms with E-state index in [9.17, 15) is 0 Å². The Morgan fingerprint density at radius 3 is 2.88 bits per heavy atom. The third kappa shape index (κ3) is 3.75. The van der Waals surface area contributed by atoms with Gasteiger partial charge in [0.25, 0.3) is 0 Å². The molecule has 1 aliphatic rings. The molecule has 0 aliphatic heterocycles. The van der Waals surface area contributed by atoms with E-state index >= 15 is 0 Å². The summed E-state index contributed by atoms with van der Waals surface area (Å²) in [6.07, 6.45) is 13.4. The van der Waals surface area contributed by atoms with Gasteiger partial charge in [0.2, 0.25) is 0 Å². The molecule has 0 saturated heterocycles. The Morgan fingerprint density at radius 2 is 2.23 bits per heavy atom. The van der Waals surface area contributed by atoms with Crippen molar-refractivity contribution in [1.29, 1.82) is 0 Å². The molecule has 3 N–H and O–H groups in total. The van der Waals surface area contributed by atoms with Crippen LogP contribution in [0.4, 0.5) is 0 Å².